The van der Waals surface area contributed by atoms with E-state index < -0.39 is 28.0 Å². The van der Waals surface area contributed by atoms with Crippen molar-refractivity contribution < 1.29 is 18.7 Å². The van der Waals surface area contributed by atoms with E-state index >= 15 is 0 Å². The molecule has 1 saturated carbocycles. The molecule has 6 nitrogen and oxygen atoms in total. The largest absolute Gasteiger partial charge is 0.465 e. The first-order valence-corrected chi connectivity index (χ1v) is 7.76. The Balaban J connectivity index is 2.02. The maximum absolute atomic E-state index is 14.3. The lowest BCUT2D eigenvalue weighted by molar-refractivity contribution is 0.194. The molecular formula is C14H16F2N4O2S. The Morgan fingerprint density at radius 1 is 1.52 bits per heavy atom. The fourth-order valence-corrected chi connectivity index (χ4v) is 4.75. The first-order chi connectivity index (χ1) is 10.7. The highest BCUT2D eigenvalue weighted by Gasteiger charge is 2.66. The van der Waals surface area contributed by atoms with Crippen LogP contribution in [0, 0.1) is 17.6 Å². The van der Waals surface area contributed by atoms with Crippen LogP contribution in [0.15, 0.2) is 17.1 Å². The third-order valence-corrected chi connectivity index (χ3v) is 5.79. The summed E-state index contributed by atoms with van der Waals surface area (Å²) in [5.74, 6) is -2.21. The molecule has 0 bridgehead atoms. The first-order valence-electron chi connectivity index (χ1n) is 6.94. The lowest BCUT2D eigenvalue weighted by atomic mass is 9.85. The van der Waals surface area contributed by atoms with E-state index in [1.54, 1.807) is 6.92 Å². The highest BCUT2D eigenvalue weighted by Crippen LogP contribution is 2.65. The number of thioether (sulfide) groups is 1. The number of halogens is 2. The van der Waals surface area contributed by atoms with Crippen molar-refractivity contribution in [3.05, 3.63) is 29.3 Å². The zero-order valence-electron chi connectivity index (χ0n) is 12.3. The quantitative estimate of drug-likeness (QED) is 0.626. The van der Waals surface area contributed by atoms with Crippen molar-refractivity contribution in [3.63, 3.8) is 0 Å². The minimum absolute atomic E-state index is 0.0421. The van der Waals surface area contributed by atoms with E-state index in [1.807, 2.05) is 0 Å². The van der Waals surface area contributed by atoms with Gasteiger partial charge in [0, 0.05) is 28.5 Å². The van der Waals surface area contributed by atoms with Gasteiger partial charge in [-0.15, -0.1) is 0 Å². The molecule has 1 aliphatic heterocycles. The van der Waals surface area contributed by atoms with Gasteiger partial charge in [0.2, 0.25) is 0 Å². The van der Waals surface area contributed by atoms with Gasteiger partial charge in [0.05, 0.1) is 5.54 Å². The summed E-state index contributed by atoms with van der Waals surface area (Å²) in [5, 5.41) is 11.4. The third kappa shape index (κ3) is 2.48. The van der Waals surface area contributed by atoms with Gasteiger partial charge < -0.3 is 21.9 Å². The number of anilines is 1. The second-order valence-corrected chi connectivity index (χ2v) is 7.48. The van der Waals surface area contributed by atoms with Crippen LogP contribution in [0.2, 0.25) is 0 Å². The minimum Gasteiger partial charge on any atom is -0.465 e. The molecule has 9 heteroatoms. The topological polar surface area (TPSA) is 114 Å². The molecule has 6 N–H and O–H groups in total. The number of hydrogen-bond donors (Lipinski definition) is 4. The van der Waals surface area contributed by atoms with Gasteiger partial charge >= 0.3 is 6.09 Å². The second-order valence-electron chi connectivity index (χ2n) is 6.04. The summed E-state index contributed by atoms with van der Waals surface area (Å²) in [5.41, 5.74) is 10.6. The Kier molecular flexibility index (Phi) is 3.44. The zero-order chi connectivity index (χ0) is 17.0. The summed E-state index contributed by atoms with van der Waals surface area (Å²) in [6, 6.07) is 2.28. The van der Waals surface area contributed by atoms with Gasteiger partial charge in [0.1, 0.15) is 0 Å². The summed E-state index contributed by atoms with van der Waals surface area (Å²) in [7, 11) is 0. The number of nitrogen functional groups attached to an aromatic ring is 1. The number of carboxylic acid groups (broad SMARTS) is 1. The van der Waals surface area contributed by atoms with Crippen LogP contribution in [0.25, 0.3) is 0 Å². The summed E-state index contributed by atoms with van der Waals surface area (Å²) in [6.07, 6.45) is -0.552. The number of hydrogen-bond acceptors (Lipinski definition) is 5. The lowest BCUT2D eigenvalue weighted by Gasteiger charge is -2.34. The number of benzene rings is 1. The molecule has 1 aliphatic carbocycles. The van der Waals surface area contributed by atoms with Crippen LogP contribution in [0.3, 0.4) is 0 Å². The minimum atomic E-state index is -1.14. The summed E-state index contributed by atoms with van der Waals surface area (Å²) >= 11 is 1.27. The normalized spacial score (nSPS) is 32.0. The van der Waals surface area contributed by atoms with Gasteiger partial charge in [-0.05, 0) is 25.5 Å². The van der Waals surface area contributed by atoms with Crippen LogP contribution in [0.1, 0.15) is 18.9 Å². The maximum atomic E-state index is 14.3. The fraction of sp³-hybridized carbons (Fsp3) is 0.429. The second kappa shape index (κ2) is 4.98. The molecule has 0 spiro atoms. The van der Waals surface area contributed by atoms with Crippen LogP contribution in [0.4, 0.5) is 19.3 Å². The average Bonchev–Trinajstić information content (AvgIpc) is 3.16. The predicted octanol–water partition coefficient (Wildman–Crippen LogP) is 1.85. The molecule has 1 amide bonds. The molecule has 1 heterocycles. The van der Waals surface area contributed by atoms with Crippen molar-refractivity contribution in [2.24, 2.45) is 16.6 Å². The maximum Gasteiger partial charge on any atom is 0.404 e. The molecule has 0 radical (unpaired) electrons. The smallest absolute Gasteiger partial charge is 0.404 e. The van der Waals surface area contributed by atoms with Crippen molar-refractivity contribution in [3.8, 4) is 0 Å². The van der Waals surface area contributed by atoms with E-state index in [2.05, 4.69) is 10.3 Å². The molecule has 2 aliphatic rings. The number of nitrogens with zero attached hydrogens (tertiary/aromatic N) is 1. The van der Waals surface area contributed by atoms with E-state index in [4.69, 9.17) is 16.6 Å². The van der Waals surface area contributed by atoms with Crippen LogP contribution in [0.5, 0.6) is 0 Å². The fourth-order valence-electron chi connectivity index (χ4n) is 3.33. The monoisotopic (exact) mass is 342 g/mol. The average molecular weight is 342 g/mol. The number of rotatable bonds is 3. The van der Waals surface area contributed by atoms with E-state index in [0.29, 0.717) is 6.42 Å². The van der Waals surface area contributed by atoms with E-state index in [-0.39, 0.29) is 28.9 Å². The van der Waals surface area contributed by atoms with E-state index in [9.17, 15) is 13.6 Å². The van der Waals surface area contributed by atoms with Gasteiger partial charge in [0.15, 0.2) is 16.8 Å². The number of amidine groups is 1. The molecule has 23 heavy (non-hydrogen) atoms. The third-order valence-electron chi connectivity index (χ3n) is 4.49. The van der Waals surface area contributed by atoms with E-state index in [1.165, 1.54) is 17.8 Å². The molecule has 0 aromatic heterocycles. The number of carbonyl (C=O) groups is 1. The number of fused-ring (bicyclic) bond motifs is 1. The van der Waals surface area contributed by atoms with Gasteiger partial charge in [-0.1, -0.05) is 11.8 Å². The molecular weight excluding hydrogens is 326 g/mol. The molecule has 124 valence electrons. The standard InChI is InChI=1S/C14H16F2N4O2S/c1-13(7-2-6(17)3-8(15)10(7)16)9-4-14(9,5-19-12(21)22)23-11(18)20-13/h2-3,9,19H,4-5,17H2,1H3,(H2,18,20)(H,21,22)/t9-,13+,14+/m0/s1. The van der Waals surface area contributed by atoms with Crippen molar-refractivity contribution in [2.75, 3.05) is 12.3 Å². The number of nitrogens with one attached hydrogen (secondary N) is 1. The van der Waals surface area contributed by atoms with Crippen molar-refractivity contribution >= 4 is 28.7 Å². The van der Waals surface area contributed by atoms with Gasteiger partial charge in [0.25, 0.3) is 0 Å². The molecule has 0 saturated heterocycles. The number of amides is 1. The van der Waals surface area contributed by atoms with Crippen LogP contribution in [-0.2, 0) is 5.54 Å². The lowest BCUT2D eigenvalue weighted by Crippen LogP contribution is -2.41. The molecule has 1 fully saturated rings. The summed E-state index contributed by atoms with van der Waals surface area (Å²) in [6.45, 7) is 1.83. The molecule has 3 rings (SSSR count). The Hall–Kier alpha value is -2.03. The predicted molar refractivity (Wildman–Crippen MR) is 84.2 cm³/mol. The Morgan fingerprint density at radius 3 is 2.87 bits per heavy atom. The highest BCUT2D eigenvalue weighted by molar-refractivity contribution is 8.15. The molecule has 3 atom stereocenters. The van der Waals surface area contributed by atoms with Crippen LogP contribution >= 0.6 is 11.8 Å². The van der Waals surface area contributed by atoms with Crippen molar-refractivity contribution in [1.82, 2.24) is 5.32 Å². The molecule has 1 aromatic carbocycles. The van der Waals surface area contributed by atoms with E-state index in [0.717, 1.165) is 6.07 Å². The first kappa shape index (κ1) is 15.9. The van der Waals surface area contributed by atoms with Crippen molar-refractivity contribution in [2.45, 2.75) is 23.6 Å². The van der Waals surface area contributed by atoms with Crippen molar-refractivity contribution in [1.29, 1.82) is 0 Å². The summed E-state index contributed by atoms with van der Waals surface area (Å²) < 4.78 is 27.5. The number of nitrogens with two attached hydrogens (primary N) is 2. The Morgan fingerprint density at radius 2 is 2.22 bits per heavy atom. The summed E-state index contributed by atoms with van der Waals surface area (Å²) in [4.78, 5) is 15.1. The number of aliphatic imine (C=N–C) groups is 1. The van der Waals surface area contributed by atoms with Gasteiger partial charge in [-0.2, -0.15) is 0 Å². The highest BCUT2D eigenvalue weighted by atomic mass is 32.2. The van der Waals surface area contributed by atoms with Crippen LogP contribution in [-0.4, -0.2) is 27.7 Å². The zero-order valence-corrected chi connectivity index (χ0v) is 13.1. The molecule has 0 unspecified atom stereocenters. The van der Waals surface area contributed by atoms with Gasteiger partial charge in [-0.3, -0.25) is 4.99 Å². The van der Waals surface area contributed by atoms with Crippen LogP contribution < -0.4 is 16.8 Å². The molecule has 1 aromatic rings. The SMILES string of the molecule is C[C@]1(c2cc(N)cc(F)c2F)N=C(N)S[C@@]2(CNC(=O)O)C[C@H]21. The van der Waals surface area contributed by atoms with Gasteiger partial charge in [-0.25, -0.2) is 13.6 Å². The Bertz CT molecular complexity index is 729. The Labute approximate surface area is 135 Å².